The second-order valence-corrected chi connectivity index (χ2v) is 6.64. The van der Waals surface area contributed by atoms with Gasteiger partial charge in [-0.1, -0.05) is 12.1 Å². The van der Waals surface area contributed by atoms with E-state index in [-0.39, 0.29) is 5.69 Å². The zero-order valence-electron chi connectivity index (χ0n) is 14.0. The van der Waals surface area contributed by atoms with Gasteiger partial charge in [-0.15, -0.1) is 0 Å². The lowest BCUT2D eigenvalue weighted by molar-refractivity contribution is -0.384. The van der Waals surface area contributed by atoms with Crippen LogP contribution in [0.15, 0.2) is 28.8 Å². The number of hydrogen-bond acceptors (Lipinski definition) is 6. The maximum absolute atomic E-state index is 10.7. The summed E-state index contributed by atoms with van der Waals surface area (Å²) >= 11 is 0. The van der Waals surface area contributed by atoms with Crippen molar-refractivity contribution in [3.63, 3.8) is 0 Å². The van der Waals surface area contributed by atoms with Crippen molar-refractivity contribution in [1.29, 1.82) is 0 Å². The lowest BCUT2D eigenvalue weighted by atomic mass is 9.87. The molecular weight excluding hydrogens is 308 g/mol. The molecule has 0 unspecified atom stereocenters. The van der Waals surface area contributed by atoms with Crippen LogP contribution in [-0.2, 0) is 6.54 Å². The van der Waals surface area contributed by atoms with Crippen LogP contribution >= 0.6 is 0 Å². The highest BCUT2D eigenvalue weighted by atomic mass is 16.6. The smallest absolute Gasteiger partial charge is 0.269 e. The number of nitro benzene ring substituents is 1. The summed E-state index contributed by atoms with van der Waals surface area (Å²) in [4.78, 5) is 17.0. The summed E-state index contributed by atoms with van der Waals surface area (Å²) in [5.41, 5.74) is 0.762. The van der Waals surface area contributed by atoms with Crippen LogP contribution in [0.5, 0.6) is 0 Å². The van der Waals surface area contributed by atoms with E-state index in [2.05, 4.69) is 29.0 Å². The molecule has 1 heterocycles. The monoisotopic (exact) mass is 330 g/mol. The van der Waals surface area contributed by atoms with Crippen LogP contribution in [0, 0.1) is 16.0 Å². The quantitative estimate of drug-likeness (QED) is 0.614. The van der Waals surface area contributed by atoms with Gasteiger partial charge in [-0.05, 0) is 50.8 Å². The molecule has 1 aromatic heterocycles. The van der Waals surface area contributed by atoms with E-state index < -0.39 is 4.92 Å². The summed E-state index contributed by atoms with van der Waals surface area (Å²) in [6, 6.07) is 6.73. The summed E-state index contributed by atoms with van der Waals surface area (Å²) in [6.45, 7) is 2.93. The van der Waals surface area contributed by atoms with E-state index in [1.807, 2.05) is 0 Å². The molecule has 1 saturated carbocycles. The zero-order chi connectivity index (χ0) is 17.1. The van der Waals surface area contributed by atoms with Gasteiger partial charge in [0.05, 0.1) is 11.5 Å². The van der Waals surface area contributed by atoms with Gasteiger partial charge in [0.25, 0.3) is 5.69 Å². The number of aromatic nitrogens is 2. The molecule has 1 aliphatic carbocycles. The van der Waals surface area contributed by atoms with Crippen molar-refractivity contribution < 1.29 is 9.45 Å². The Morgan fingerprint density at radius 1 is 1.25 bits per heavy atom. The van der Waals surface area contributed by atoms with E-state index in [0.717, 1.165) is 5.92 Å². The van der Waals surface area contributed by atoms with E-state index in [0.29, 0.717) is 29.9 Å². The molecule has 2 aromatic rings. The zero-order valence-corrected chi connectivity index (χ0v) is 14.0. The van der Waals surface area contributed by atoms with Crippen molar-refractivity contribution in [3.05, 3.63) is 40.3 Å². The molecule has 1 aliphatic rings. The fourth-order valence-electron chi connectivity index (χ4n) is 3.19. The van der Waals surface area contributed by atoms with Crippen molar-refractivity contribution in [1.82, 2.24) is 15.0 Å². The first-order chi connectivity index (χ1) is 11.5. The molecule has 0 bridgehead atoms. The predicted octanol–water partition coefficient (Wildman–Crippen LogP) is 3.66. The molecule has 0 atom stereocenters. The average molecular weight is 330 g/mol. The molecule has 0 amide bonds. The Hall–Kier alpha value is -2.28. The average Bonchev–Trinajstić information content (AvgIpc) is 3.04. The number of rotatable bonds is 5. The molecular formula is C17H22N4O3. The summed E-state index contributed by atoms with van der Waals surface area (Å²) in [7, 11) is 2.09. The van der Waals surface area contributed by atoms with Gasteiger partial charge in [0.15, 0.2) is 0 Å². The lowest BCUT2D eigenvalue weighted by Gasteiger charge is -2.32. The Labute approximate surface area is 140 Å². The molecule has 0 radical (unpaired) electrons. The molecule has 24 heavy (non-hydrogen) atoms. The van der Waals surface area contributed by atoms with Crippen molar-refractivity contribution in [2.75, 3.05) is 7.05 Å². The van der Waals surface area contributed by atoms with Crippen molar-refractivity contribution in [3.8, 4) is 11.4 Å². The SMILES string of the molecule is CC1CCC(N(C)Cc2nc(-c3ccc([N+](=O)[O-])cc3)no2)CC1. The number of hydrogen-bond donors (Lipinski definition) is 0. The molecule has 7 heteroatoms. The standard InChI is InChI=1S/C17H22N4O3/c1-12-3-7-14(8-4-12)20(2)11-16-18-17(19-24-16)13-5-9-15(10-6-13)21(22)23/h5-6,9-10,12,14H,3-4,7-8,11H2,1-2H3. The number of non-ortho nitro benzene ring substituents is 1. The van der Waals surface area contributed by atoms with Crippen LogP contribution in [0.2, 0.25) is 0 Å². The largest absolute Gasteiger partial charge is 0.338 e. The van der Waals surface area contributed by atoms with Gasteiger partial charge in [0.2, 0.25) is 11.7 Å². The Bertz CT molecular complexity index is 690. The van der Waals surface area contributed by atoms with Crippen molar-refractivity contribution in [2.24, 2.45) is 5.92 Å². The van der Waals surface area contributed by atoms with Crippen LogP contribution in [0.4, 0.5) is 5.69 Å². The molecule has 0 spiro atoms. The van der Waals surface area contributed by atoms with E-state index in [9.17, 15) is 10.1 Å². The fraction of sp³-hybridized carbons (Fsp3) is 0.529. The molecule has 3 rings (SSSR count). The second-order valence-electron chi connectivity index (χ2n) is 6.64. The van der Waals surface area contributed by atoms with Crippen molar-refractivity contribution in [2.45, 2.75) is 45.2 Å². The molecule has 0 saturated heterocycles. The van der Waals surface area contributed by atoms with Crippen LogP contribution < -0.4 is 0 Å². The Balaban J connectivity index is 1.63. The van der Waals surface area contributed by atoms with Gasteiger partial charge in [-0.25, -0.2) is 0 Å². The minimum atomic E-state index is -0.425. The number of benzene rings is 1. The first-order valence-corrected chi connectivity index (χ1v) is 8.30. The Morgan fingerprint density at radius 2 is 1.92 bits per heavy atom. The van der Waals surface area contributed by atoms with E-state index >= 15 is 0 Å². The summed E-state index contributed by atoms with van der Waals surface area (Å²) in [5, 5.41) is 14.7. The minimum Gasteiger partial charge on any atom is -0.338 e. The molecule has 1 fully saturated rings. The minimum absolute atomic E-state index is 0.0497. The summed E-state index contributed by atoms with van der Waals surface area (Å²) < 4.78 is 5.34. The molecule has 128 valence electrons. The lowest BCUT2D eigenvalue weighted by Crippen LogP contribution is -2.34. The first kappa shape index (κ1) is 16.6. The Morgan fingerprint density at radius 3 is 2.54 bits per heavy atom. The Kier molecular flexibility index (Phi) is 4.89. The molecule has 0 aliphatic heterocycles. The summed E-state index contributed by atoms with van der Waals surface area (Å²) in [5.74, 6) is 1.86. The van der Waals surface area contributed by atoms with E-state index in [1.54, 1.807) is 12.1 Å². The number of nitro groups is 1. The highest BCUT2D eigenvalue weighted by Crippen LogP contribution is 2.27. The maximum Gasteiger partial charge on any atom is 0.269 e. The highest BCUT2D eigenvalue weighted by Gasteiger charge is 2.23. The molecule has 0 N–H and O–H groups in total. The van der Waals surface area contributed by atoms with Gasteiger partial charge in [0.1, 0.15) is 0 Å². The first-order valence-electron chi connectivity index (χ1n) is 8.30. The third-order valence-electron chi connectivity index (χ3n) is 4.80. The van der Waals surface area contributed by atoms with Gasteiger partial charge in [-0.2, -0.15) is 4.98 Å². The fourth-order valence-corrected chi connectivity index (χ4v) is 3.19. The highest BCUT2D eigenvalue weighted by molar-refractivity contribution is 5.56. The van der Waals surface area contributed by atoms with Crippen LogP contribution in [0.1, 0.15) is 38.5 Å². The molecule has 7 nitrogen and oxygen atoms in total. The normalized spacial score (nSPS) is 21.1. The van der Waals surface area contributed by atoms with Crippen LogP contribution in [0.3, 0.4) is 0 Å². The van der Waals surface area contributed by atoms with E-state index in [1.165, 1.54) is 37.8 Å². The van der Waals surface area contributed by atoms with Crippen LogP contribution in [0.25, 0.3) is 11.4 Å². The maximum atomic E-state index is 10.7. The van der Waals surface area contributed by atoms with Gasteiger partial charge >= 0.3 is 0 Å². The van der Waals surface area contributed by atoms with Gasteiger partial charge < -0.3 is 4.52 Å². The second kappa shape index (κ2) is 7.09. The molecule has 1 aromatic carbocycles. The van der Waals surface area contributed by atoms with Gasteiger partial charge in [0, 0.05) is 23.7 Å². The predicted molar refractivity (Wildman–Crippen MR) is 89.3 cm³/mol. The summed E-state index contributed by atoms with van der Waals surface area (Å²) in [6.07, 6.45) is 4.96. The third-order valence-corrected chi connectivity index (χ3v) is 4.80. The third kappa shape index (κ3) is 3.79. The van der Waals surface area contributed by atoms with Gasteiger partial charge in [-0.3, -0.25) is 15.0 Å². The van der Waals surface area contributed by atoms with Crippen molar-refractivity contribution >= 4 is 5.69 Å². The number of nitrogens with zero attached hydrogens (tertiary/aromatic N) is 4. The van der Waals surface area contributed by atoms with E-state index in [4.69, 9.17) is 4.52 Å². The topological polar surface area (TPSA) is 85.3 Å². The van der Waals surface area contributed by atoms with Crippen LogP contribution in [-0.4, -0.2) is 33.1 Å².